The van der Waals surface area contributed by atoms with Gasteiger partial charge >= 0.3 is 0 Å². The third kappa shape index (κ3) is 4.99. The first-order valence-corrected chi connectivity index (χ1v) is 14.7. The average Bonchev–Trinajstić information content (AvgIpc) is 3.09. The number of aromatic nitrogens is 2. The molecule has 44 heavy (non-hydrogen) atoms. The van der Waals surface area contributed by atoms with Crippen molar-refractivity contribution in [3.8, 4) is 56.5 Å². The van der Waals surface area contributed by atoms with Crippen molar-refractivity contribution in [1.29, 1.82) is 0 Å². The van der Waals surface area contributed by atoms with Crippen molar-refractivity contribution in [1.82, 2.24) is 9.97 Å². The minimum atomic E-state index is 0.495. The molecule has 0 aliphatic carbocycles. The summed E-state index contributed by atoms with van der Waals surface area (Å²) in [6.45, 7) is 0. The fraction of sp³-hybridized carbons (Fsp3) is 0. The van der Waals surface area contributed by atoms with Gasteiger partial charge in [-0.05, 0) is 82.9 Å². The highest BCUT2D eigenvalue weighted by atomic mass is 16.5. The standard InChI is InChI=1S/C40H27N3O/c1-4-12-28(13-5-1)30-22-32-26-35(24-30)43(34-16-8-3-9-17-34)36-25-31(29-14-6-2-7-15-29)23-33(27-36)38-19-11-21-40(42-38)44-39-20-10-18-37(32)41-39/h1-27H. The summed E-state index contributed by atoms with van der Waals surface area (Å²) in [6, 6.07) is 56.6. The Morgan fingerprint density at radius 2 is 0.773 bits per heavy atom. The first-order chi connectivity index (χ1) is 21.8. The molecule has 0 unspecified atom stereocenters. The first kappa shape index (κ1) is 25.7. The van der Waals surface area contributed by atoms with Crippen LogP contribution in [0, 0.1) is 0 Å². The quantitative estimate of drug-likeness (QED) is 0.214. The Morgan fingerprint density at radius 3 is 1.25 bits per heavy atom. The van der Waals surface area contributed by atoms with Crippen LogP contribution in [0.4, 0.5) is 17.1 Å². The lowest BCUT2D eigenvalue weighted by molar-refractivity contribution is 0.446. The van der Waals surface area contributed by atoms with Crippen LogP contribution in [0.3, 0.4) is 0 Å². The van der Waals surface area contributed by atoms with Gasteiger partial charge in [0.15, 0.2) is 0 Å². The highest BCUT2D eigenvalue weighted by Crippen LogP contribution is 2.42. The zero-order valence-electron chi connectivity index (χ0n) is 23.8. The zero-order valence-corrected chi connectivity index (χ0v) is 23.8. The van der Waals surface area contributed by atoms with Crippen LogP contribution in [0.2, 0.25) is 0 Å². The van der Waals surface area contributed by atoms with Crippen molar-refractivity contribution >= 4 is 17.1 Å². The Kier molecular flexibility index (Phi) is 6.43. The molecule has 1 aliphatic heterocycles. The SMILES string of the molecule is c1ccc(-c2cc3cc(c2)N(c2ccccc2)c2cc(-c4ccccc4)cc(c2)-c2cccc(n2)Oc2cccc-3n2)cc1. The van der Waals surface area contributed by atoms with Crippen LogP contribution in [-0.4, -0.2) is 9.97 Å². The largest absolute Gasteiger partial charge is 0.421 e. The van der Waals surface area contributed by atoms with Gasteiger partial charge in [-0.2, -0.15) is 0 Å². The molecule has 4 nitrogen and oxygen atoms in total. The van der Waals surface area contributed by atoms with Crippen molar-refractivity contribution in [2.75, 3.05) is 4.90 Å². The number of ether oxygens (including phenoxy) is 1. The molecule has 0 saturated heterocycles. The lowest BCUT2D eigenvalue weighted by Gasteiger charge is -2.28. The molecular weight excluding hydrogens is 538 g/mol. The molecule has 0 spiro atoms. The third-order valence-electron chi connectivity index (χ3n) is 7.83. The zero-order chi connectivity index (χ0) is 29.3. The van der Waals surface area contributed by atoms with E-state index in [1.54, 1.807) is 0 Å². The molecule has 0 saturated carbocycles. The second kappa shape index (κ2) is 11.0. The Bertz CT molecular complexity index is 1960. The summed E-state index contributed by atoms with van der Waals surface area (Å²) in [4.78, 5) is 12.2. The number of benzene rings is 5. The van der Waals surface area contributed by atoms with E-state index in [9.17, 15) is 0 Å². The second-order valence-electron chi connectivity index (χ2n) is 10.8. The van der Waals surface area contributed by atoms with Crippen LogP contribution in [0.1, 0.15) is 0 Å². The van der Waals surface area contributed by atoms with E-state index in [1.807, 2.05) is 48.5 Å². The molecule has 0 radical (unpaired) electrons. The molecule has 8 bridgehead atoms. The van der Waals surface area contributed by atoms with Crippen molar-refractivity contribution in [3.05, 3.63) is 164 Å². The number of anilines is 3. The molecule has 208 valence electrons. The van der Waals surface area contributed by atoms with Crippen molar-refractivity contribution in [2.45, 2.75) is 0 Å². The van der Waals surface area contributed by atoms with Crippen LogP contribution in [-0.2, 0) is 0 Å². The number of rotatable bonds is 3. The monoisotopic (exact) mass is 565 g/mol. The molecule has 4 heteroatoms. The minimum Gasteiger partial charge on any atom is -0.421 e. The summed E-state index contributed by atoms with van der Waals surface area (Å²) < 4.78 is 6.24. The summed E-state index contributed by atoms with van der Waals surface area (Å²) in [5.41, 5.74) is 11.2. The second-order valence-corrected chi connectivity index (χ2v) is 10.8. The summed E-state index contributed by atoms with van der Waals surface area (Å²) in [5.74, 6) is 0.990. The van der Waals surface area contributed by atoms with Gasteiger partial charge in [0.25, 0.3) is 0 Å². The van der Waals surface area contributed by atoms with E-state index in [2.05, 4.69) is 120 Å². The maximum atomic E-state index is 6.24. The topological polar surface area (TPSA) is 38.2 Å². The van der Waals surface area contributed by atoms with Crippen LogP contribution in [0.25, 0.3) is 44.8 Å². The van der Waals surface area contributed by atoms with Crippen molar-refractivity contribution in [3.63, 3.8) is 0 Å². The Balaban J connectivity index is 1.46. The fourth-order valence-electron chi connectivity index (χ4n) is 5.77. The van der Waals surface area contributed by atoms with E-state index in [4.69, 9.17) is 14.7 Å². The Labute approximate surface area is 256 Å². The Morgan fingerprint density at radius 1 is 0.341 bits per heavy atom. The Hall–Kier alpha value is -6.00. The van der Waals surface area contributed by atoms with Gasteiger partial charge in [-0.3, -0.25) is 0 Å². The van der Waals surface area contributed by atoms with E-state index in [0.29, 0.717) is 11.8 Å². The number of hydrogen-bond donors (Lipinski definition) is 0. The van der Waals surface area contributed by atoms with Gasteiger partial charge in [0.1, 0.15) is 0 Å². The molecule has 0 fully saturated rings. The molecule has 8 rings (SSSR count). The maximum Gasteiger partial charge on any atom is 0.221 e. The fourth-order valence-corrected chi connectivity index (χ4v) is 5.77. The van der Waals surface area contributed by atoms with E-state index in [0.717, 1.165) is 61.8 Å². The highest BCUT2D eigenvalue weighted by Gasteiger charge is 2.19. The van der Waals surface area contributed by atoms with Crippen molar-refractivity contribution < 1.29 is 4.74 Å². The normalized spacial score (nSPS) is 11.8. The van der Waals surface area contributed by atoms with Gasteiger partial charge < -0.3 is 9.64 Å². The van der Waals surface area contributed by atoms with Gasteiger partial charge in [0, 0.05) is 40.3 Å². The van der Waals surface area contributed by atoms with Crippen molar-refractivity contribution in [2.24, 2.45) is 0 Å². The third-order valence-corrected chi connectivity index (χ3v) is 7.83. The van der Waals surface area contributed by atoms with E-state index >= 15 is 0 Å². The number of pyridine rings is 2. The van der Waals surface area contributed by atoms with Gasteiger partial charge in [-0.25, -0.2) is 9.97 Å². The van der Waals surface area contributed by atoms with E-state index in [1.165, 1.54) is 0 Å². The molecule has 2 aromatic heterocycles. The minimum absolute atomic E-state index is 0.495. The molecule has 5 aromatic carbocycles. The summed E-state index contributed by atoms with van der Waals surface area (Å²) in [6.07, 6.45) is 0. The number of hydrogen-bond acceptors (Lipinski definition) is 4. The number of fused-ring (bicyclic) bond motifs is 10. The molecular formula is C40H27N3O. The summed E-state index contributed by atoms with van der Waals surface area (Å²) in [5, 5.41) is 0. The predicted molar refractivity (Wildman–Crippen MR) is 179 cm³/mol. The predicted octanol–water partition coefficient (Wildman–Crippen LogP) is 10.7. The van der Waals surface area contributed by atoms with Gasteiger partial charge in [-0.15, -0.1) is 0 Å². The molecule has 1 aliphatic rings. The smallest absolute Gasteiger partial charge is 0.221 e. The van der Waals surface area contributed by atoms with E-state index < -0.39 is 0 Å². The van der Waals surface area contributed by atoms with Crippen LogP contribution >= 0.6 is 0 Å². The number of para-hydroxylation sites is 1. The lowest BCUT2D eigenvalue weighted by Crippen LogP contribution is -2.11. The van der Waals surface area contributed by atoms with Crippen LogP contribution < -0.4 is 9.64 Å². The molecule has 0 atom stereocenters. The molecule has 0 amide bonds. The summed E-state index contributed by atoms with van der Waals surface area (Å²) >= 11 is 0. The molecule has 0 N–H and O–H groups in total. The van der Waals surface area contributed by atoms with Crippen LogP contribution in [0.15, 0.2) is 164 Å². The van der Waals surface area contributed by atoms with Gasteiger partial charge in [-0.1, -0.05) is 91.0 Å². The highest BCUT2D eigenvalue weighted by molar-refractivity contribution is 5.88. The maximum absolute atomic E-state index is 6.24. The lowest BCUT2D eigenvalue weighted by atomic mass is 9.97. The van der Waals surface area contributed by atoms with Crippen LogP contribution in [0.5, 0.6) is 11.8 Å². The van der Waals surface area contributed by atoms with Gasteiger partial charge in [0.05, 0.1) is 11.4 Å². The van der Waals surface area contributed by atoms with Gasteiger partial charge in [0.2, 0.25) is 11.8 Å². The first-order valence-electron chi connectivity index (χ1n) is 14.7. The summed E-state index contributed by atoms with van der Waals surface area (Å²) in [7, 11) is 0. The average molecular weight is 566 g/mol. The molecule has 7 aromatic rings. The molecule has 3 heterocycles. The number of nitrogens with zero attached hydrogens (tertiary/aromatic N) is 3. The van der Waals surface area contributed by atoms with E-state index in [-0.39, 0.29) is 0 Å².